The minimum absolute atomic E-state index is 0.0249. The number of nitrogens with zero attached hydrogens (tertiary/aromatic N) is 5. The fourth-order valence-corrected chi connectivity index (χ4v) is 6.74. The van der Waals surface area contributed by atoms with Gasteiger partial charge in [-0.15, -0.1) is 10.2 Å². The van der Waals surface area contributed by atoms with Gasteiger partial charge < -0.3 is 4.98 Å². The van der Waals surface area contributed by atoms with E-state index in [0.717, 1.165) is 37.9 Å². The Morgan fingerprint density at radius 1 is 1.18 bits per heavy atom. The largest absolute Gasteiger partial charge is 0.345 e. The molecule has 1 aliphatic carbocycles. The summed E-state index contributed by atoms with van der Waals surface area (Å²) in [6, 6.07) is 1.80. The van der Waals surface area contributed by atoms with Gasteiger partial charge in [0.1, 0.15) is 0 Å². The highest BCUT2D eigenvalue weighted by molar-refractivity contribution is 7.92. The molecule has 0 aromatic carbocycles. The van der Waals surface area contributed by atoms with Gasteiger partial charge >= 0.3 is 0 Å². The van der Waals surface area contributed by atoms with Gasteiger partial charge in [-0.05, 0) is 44.5 Å². The van der Waals surface area contributed by atoms with Crippen LogP contribution in [0.5, 0.6) is 0 Å². The lowest BCUT2D eigenvalue weighted by molar-refractivity contribution is 0.152. The van der Waals surface area contributed by atoms with Crippen molar-refractivity contribution in [2.45, 2.75) is 42.6 Å². The van der Waals surface area contributed by atoms with E-state index in [-0.39, 0.29) is 5.16 Å². The number of piperidine rings is 1. The first-order chi connectivity index (χ1) is 13.6. The summed E-state index contributed by atoms with van der Waals surface area (Å²) in [7, 11) is -3.87. The molecule has 2 aliphatic rings. The second-order valence-corrected chi connectivity index (χ2v) is 9.51. The predicted octanol–water partition coefficient (Wildman–Crippen LogP) is 2.47. The number of likely N-dealkylation sites (tertiary alicyclic amines) is 1. The van der Waals surface area contributed by atoms with Crippen LogP contribution < -0.4 is 0 Å². The lowest BCUT2D eigenvalue weighted by Crippen LogP contribution is -2.57. The standard InChI is InChI=1S/C19H22N6O2S/c1-14-7-3-4-9-19(14,24-11-5-2-6-12-24)28(26,27)18-23-22-16-13-21-17-15(25(16)18)8-10-20-17/h3-4,7-8,10,13,20H,2,5-6,9,11-12H2,1H3. The number of hydrogen-bond acceptors (Lipinski definition) is 6. The molecule has 1 fully saturated rings. The van der Waals surface area contributed by atoms with E-state index in [0.29, 0.717) is 23.2 Å². The van der Waals surface area contributed by atoms with Crippen molar-refractivity contribution >= 4 is 26.6 Å². The molecule has 3 aromatic rings. The van der Waals surface area contributed by atoms with Crippen LogP contribution in [0.3, 0.4) is 0 Å². The summed E-state index contributed by atoms with van der Waals surface area (Å²) < 4.78 is 30.0. The summed E-state index contributed by atoms with van der Waals surface area (Å²) >= 11 is 0. The van der Waals surface area contributed by atoms with Gasteiger partial charge in [0, 0.05) is 12.6 Å². The molecule has 1 unspecified atom stereocenters. The van der Waals surface area contributed by atoms with Crippen molar-refractivity contribution in [1.82, 2.24) is 29.5 Å². The summed E-state index contributed by atoms with van der Waals surface area (Å²) in [5.74, 6) is 0. The highest BCUT2D eigenvalue weighted by atomic mass is 32.2. The van der Waals surface area contributed by atoms with E-state index in [1.165, 1.54) is 0 Å². The van der Waals surface area contributed by atoms with Crippen molar-refractivity contribution < 1.29 is 8.42 Å². The SMILES string of the molecule is CC1=CC=CCC1(N1CCCCC1)S(=O)(=O)c1nnc2cnc3[nH]ccc3n12. The van der Waals surface area contributed by atoms with Crippen molar-refractivity contribution in [3.8, 4) is 0 Å². The maximum absolute atomic E-state index is 14.2. The lowest BCUT2D eigenvalue weighted by Gasteiger charge is -2.45. The second kappa shape index (κ2) is 6.25. The third-order valence-corrected chi connectivity index (χ3v) is 8.34. The van der Waals surface area contributed by atoms with E-state index in [1.807, 2.05) is 25.2 Å². The zero-order chi connectivity index (χ0) is 19.4. The van der Waals surface area contributed by atoms with Crippen LogP contribution in [0.2, 0.25) is 0 Å². The zero-order valence-corrected chi connectivity index (χ0v) is 16.5. The molecule has 146 valence electrons. The Labute approximate surface area is 162 Å². The zero-order valence-electron chi connectivity index (χ0n) is 15.7. The van der Waals surface area contributed by atoms with Gasteiger partial charge in [0.2, 0.25) is 9.84 Å². The normalized spacial score (nSPS) is 24.1. The minimum Gasteiger partial charge on any atom is -0.345 e. The van der Waals surface area contributed by atoms with E-state index in [1.54, 1.807) is 22.9 Å². The Bertz CT molecular complexity index is 1220. The Morgan fingerprint density at radius 2 is 2.00 bits per heavy atom. The lowest BCUT2D eigenvalue weighted by atomic mass is 9.95. The van der Waals surface area contributed by atoms with Gasteiger partial charge in [0.25, 0.3) is 5.16 Å². The van der Waals surface area contributed by atoms with Crippen LogP contribution in [0, 0.1) is 0 Å². The molecule has 3 aromatic heterocycles. The molecule has 1 atom stereocenters. The summed E-state index contributed by atoms with van der Waals surface area (Å²) in [4.78, 5) is 8.31. The number of aromatic nitrogens is 5. The summed E-state index contributed by atoms with van der Waals surface area (Å²) in [6.07, 6.45) is 12.6. The average molecular weight is 398 g/mol. The number of aromatic amines is 1. The summed E-state index contributed by atoms with van der Waals surface area (Å²) in [5.41, 5.74) is 2.51. The first-order valence-corrected chi connectivity index (χ1v) is 11.0. The Balaban J connectivity index is 1.78. The Hall–Kier alpha value is -2.52. The third kappa shape index (κ3) is 2.26. The van der Waals surface area contributed by atoms with Crippen LogP contribution in [-0.4, -0.2) is 55.8 Å². The molecular weight excluding hydrogens is 376 g/mol. The van der Waals surface area contributed by atoms with E-state index in [9.17, 15) is 8.42 Å². The van der Waals surface area contributed by atoms with Crippen molar-refractivity contribution in [3.05, 3.63) is 42.3 Å². The molecule has 0 radical (unpaired) electrons. The molecule has 0 saturated carbocycles. The van der Waals surface area contributed by atoms with Gasteiger partial charge in [0.15, 0.2) is 16.2 Å². The Kier molecular flexibility index (Phi) is 3.92. The van der Waals surface area contributed by atoms with Crippen LogP contribution in [0.4, 0.5) is 0 Å². The number of hydrogen-bond donors (Lipinski definition) is 1. The molecule has 0 amide bonds. The van der Waals surface area contributed by atoms with E-state index < -0.39 is 14.7 Å². The quantitative estimate of drug-likeness (QED) is 0.728. The van der Waals surface area contributed by atoms with E-state index in [2.05, 4.69) is 25.1 Å². The smallest absolute Gasteiger partial charge is 0.257 e. The average Bonchev–Trinajstić information content (AvgIpc) is 3.35. The first-order valence-electron chi connectivity index (χ1n) is 9.56. The molecule has 1 N–H and O–H groups in total. The fourth-order valence-electron chi connectivity index (χ4n) is 4.53. The van der Waals surface area contributed by atoms with E-state index >= 15 is 0 Å². The second-order valence-electron chi connectivity index (χ2n) is 7.46. The molecule has 9 heteroatoms. The molecule has 4 heterocycles. The molecule has 28 heavy (non-hydrogen) atoms. The number of nitrogens with one attached hydrogen (secondary N) is 1. The number of sulfone groups is 1. The predicted molar refractivity (Wildman–Crippen MR) is 105 cm³/mol. The van der Waals surface area contributed by atoms with Crippen LogP contribution >= 0.6 is 0 Å². The molecule has 1 saturated heterocycles. The van der Waals surface area contributed by atoms with Crippen LogP contribution in [0.1, 0.15) is 32.6 Å². The van der Waals surface area contributed by atoms with Crippen LogP contribution in [0.15, 0.2) is 47.4 Å². The van der Waals surface area contributed by atoms with Gasteiger partial charge in [-0.2, -0.15) is 0 Å². The van der Waals surface area contributed by atoms with Gasteiger partial charge in [-0.3, -0.25) is 9.30 Å². The van der Waals surface area contributed by atoms with Gasteiger partial charge in [-0.1, -0.05) is 24.6 Å². The highest BCUT2D eigenvalue weighted by Crippen LogP contribution is 2.42. The van der Waals surface area contributed by atoms with Crippen LogP contribution in [0.25, 0.3) is 16.8 Å². The van der Waals surface area contributed by atoms with Gasteiger partial charge in [0.05, 0.1) is 11.7 Å². The number of H-pyrrole nitrogens is 1. The molecule has 1 aliphatic heterocycles. The van der Waals surface area contributed by atoms with Crippen molar-refractivity contribution in [3.63, 3.8) is 0 Å². The number of fused-ring (bicyclic) bond motifs is 3. The monoisotopic (exact) mass is 398 g/mol. The van der Waals surface area contributed by atoms with Crippen molar-refractivity contribution in [1.29, 1.82) is 0 Å². The third-order valence-electron chi connectivity index (χ3n) is 5.96. The summed E-state index contributed by atoms with van der Waals surface area (Å²) in [6.45, 7) is 3.43. The highest BCUT2D eigenvalue weighted by Gasteiger charge is 2.53. The van der Waals surface area contributed by atoms with E-state index in [4.69, 9.17) is 0 Å². The topological polar surface area (TPSA) is 96.2 Å². The molecule has 0 spiro atoms. The Morgan fingerprint density at radius 3 is 2.79 bits per heavy atom. The maximum Gasteiger partial charge on any atom is 0.257 e. The summed E-state index contributed by atoms with van der Waals surface area (Å²) in [5, 5.41) is 8.23. The van der Waals surface area contributed by atoms with Crippen LogP contribution in [-0.2, 0) is 9.84 Å². The molecular formula is C19H22N6O2S. The number of rotatable bonds is 3. The maximum atomic E-state index is 14.2. The fraction of sp³-hybridized carbons (Fsp3) is 0.421. The van der Waals surface area contributed by atoms with Crippen molar-refractivity contribution in [2.75, 3.05) is 13.1 Å². The number of allylic oxidation sites excluding steroid dienone is 2. The van der Waals surface area contributed by atoms with Crippen molar-refractivity contribution in [2.24, 2.45) is 0 Å². The molecule has 0 bridgehead atoms. The minimum atomic E-state index is -3.87. The molecule has 5 rings (SSSR count). The molecule has 8 nitrogen and oxygen atoms in total. The first kappa shape index (κ1) is 17.6. The van der Waals surface area contributed by atoms with Gasteiger partial charge in [-0.25, -0.2) is 13.4 Å².